The monoisotopic (exact) mass is 441 g/mol. The number of amidine groups is 1. The minimum atomic E-state index is -4.53. The van der Waals surface area contributed by atoms with Gasteiger partial charge in [0, 0.05) is 6.42 Å². The van der Waals surface area contributed by atoms with Gasteiger partial charge in [-0.15, -0.1) is 0 Å². The molecule has 1 rings (SSSR count). The summed E-state index contributed by atoms with van der Waals surface area (Å²) in [5.41, 5.74) is 0. The summed E-state index contributed by atoms with van der Waals surface area (Å²) in [5.74, 6) is -0.542. The Bertz CT molecular complexity index is 651. The molecule has 0 radical (unpaired) electrons. The number of carbonyl (C=O) groups excluding carboxylic acids is 1. The molecule has 2 N–H and O–H groups in total. The summed E-state index contributed by atoms with van der Waals surface area (Å²) in [4.78, 5) is 14.5. The number of aliphatic hydroxyl groups is 2. The van der Waals surface area contributed by atoms with E-state index in [1.54, 1.807) is 9.48 Å². The number of ketones is 1. The minimum absolute atomic E-state index is 0. The van der Waals surface area contributed by atoms with Gasteiger partial charge in [-0.1, -0.05) is 31.4 Å². The van der Waals surface area contributed by atoms with Crippen LogP contribution < -0.4 is 29.6 Å². The molecule has 0 aromatic heterocycles. The fraction of sp³-hybridized carbons (Fsp3) is 0.789. The summed E-state index contributed by atoms with van der Waals surface area (Å²) in [6, 6.07) is 0. The van der Waals surface area contributed by atoms with Gasteiger partial charge < -0.3 is 14.8 Å². The van der Waals surface area contributed by atoms with Gasteiger partial charge in [-0.05, 0) is 26.2 Å². The first-order chi connectivity index (χ1) is 13.3. The molecule has 10 heteroatoms. The van der Waals surface area contributed by atoms with Crippen molar-refractivity contribution in [3.63, 3.8) is 0 Å². The largest absolute Gasteiger partial charge is 1.00 e. The number of hydrogen-bond donors (Lipinski definition) is 2. The molecule has 29 heavy (non-hydrogen) atoms. The third kappa shape index (κ3) is 12.2. The molecule has 0 fully saturated rings. The van der Waals surface area contributed by atoms with Crippen molar-refractivity contribution in [3.8, 4) is 0 Å². The molecular formula is C19H34N2NaO6S+. The standard InChI is InChI=1S/C19H34N2O6S.Na/c1-2-3-4-5-6-7-8-9-10-18(24)19-20(13-14-22)11-12-21(19)15-17(23)16-28(25,26)27;/h2-3,17,22-23H,4-16H2,1H3;/q;+1/b3-2+;. The zero-order valence-corrected chi connectivity index (χ0v) is 20.6. The maximum atomic E-state index is 12.7. The molecule has 8 nitrogen and oxygen atoms in total. The number of carbonyl (C=O) groups is 1. The molecule has 0 spiro atoms. The van der Waals surface area contributed by atoms with E-state index in [4.69, 9.17) is 0 Å². The van der Waals surface area contributed by atoms with Gasteiger partial charge in [0.25, 0.3) is 0 Å². The number of hydrogen-bond acceptors (Lipinski definition) is 7. The summed E-state index contributed by atoms with van der Waals surface area (Å²) in [6.07, 6.45) is 9.39. The van der Waals surface area contributed by atoms with E-state index in [1.165, 1.54) is 0 Å². The number of β-amino-alcohol motifs (C(OH)–C–C–N with tert-alkyl or cyclic N) is 2. The number of nitrogens with zero attached hydrogens (tertiary/aromatic N) is 2. The van der Waals surface area contributed by atoms with Crippen LogP contribution in [-0.4, -0.2) is 88.9 Å². The number of unbranched alkanes of at least 4 members (excludes halogenated alkanes) is 5. The van der Waals surface area contributed by atoms with E-state index in [2.05, 4.69) is 6.08 Å². The Morgan fingerprint density at radius 1 is 1.28 bits per heavy atom. The second-order valence-electron chi connectivity index (χ2n) is 7.16. The smallest absolute Gasteiger partial charge is 0.748 e. The Kier molecular flexibility index (Phi) is 15.3. The number of aliphatic hydroxyl groups excluding tert-OH is 2. The van der Waals surface area contributed by atoms with Crippen molar-refractivity contribution in [2.24, 2.45) is 0 Å². The molecule has 1 aliphatic heterocycles. The van der Waals surface area contributed by atoms with Crippen LogP contribution in [0.5, 0.6) is 0 Å². The Morgan fingerprint density at radius 3 is 2.55 bits per heavy atom. The van der Waals surface area contributed by atoms with Crippen LogP contribution in [0.3, 0.4) is 0 Å². The van der Waals surface area contributed by atoms with Gasteiger partial charge in [-0.3, -0.25) is 14.3 Å². The van der Waals surface area contributed by atoms with E-state index < -0.39 is 22.0 Å². The van der Waals surface area contributed by atoms with Crippen LogP contribution >= 0.6 is 0 Å². The molecule has 0 aliphatic carbocycles. The first-order valence-corrected chi connectivity index (χ1v) is 11.6. The molecular weight excluding hydrogens is 407 g/mol. The van der Waals surface area contributed by atoms with Gasteiger partial charge in [0.1, 0.15) is 32.3 Å². The molecule has 0 bridgehead atoms. The normalized spacial score (nSPS) is 15.8. The second kappa shape index (κ2) is 15.5. The Morgan fingerprint density at radius 2 is 1.93 bits per heavy atom. The van der Waals surface area contributed by atoms with E-state index in [-0.39, 0.29) is 48.5 Å². The fourth-order valence-electron chi connectivity index (χ4n) is 3.42. The van der Waals surface area contributed by atoms with Crippen LogP contribution in [0.15, 0.2) is 12.2 Å². The van der Waals surface area contributed by atoms with E-state index in [0.717, 1.165) is 38.5 Å². The average molecular weight is 442 g/mol. The zero-order valence-electron chi connectivity index (χ0n) is 17.8. The topological polar surface area (TPSA) is 121 Å². The van der Waals surface area contributed by atoms with Gasteiger partial charge in [0.05, 0.1) is 22.5 Å². The van der Waals surface area contributed by atoms with Crippen LogP contribution in [0.2, 0.25) is 0 Å². The van der Waals surface area contributed by atoms with Crippen molar-refractivity contribution in [2.75, 3.05) is 38.5 Å². The van der Waals surface area contributed by atoms with Gasteiger partial charge >= 0.3 is 35.4 Å². The van der Waals surface area contributed by atoms with E-state index in [0.29, 0.717) is 31.9 Å². The molecule has 1 atom stereocenters. The summed E-state index contributed by atoms with van der Waals surface area (Å²) in [6.45, 7) is 3.09. The van der Waals surface area contributed by atoms with E-state index in [1.807, 2.05) is 13.0 Å². The summed E-state index contributed by atoms with van der Waals surface area (Å²) < 4.78 is 34.1. The molecule has 0 aromatic rings. The molecule has 0 amide bonds. The summed E-state index contributed by atoms with van der Waals surface area (Å²) in [7, 11) is -4.53. The van der Waals surface area contributed by atoms with Gasteiger partial charge in [0.15, 0.2) is 0 Å². The zero-order chi connectivity index (χ0) is 21.0. The SMILES string of the molecule is C/C=C/CCCCCCCC(=O)C1=[N+](CC(O)CS(=O)(=O)[O-])CCN1CCO.[Na+]. The van der Waals surface area contributed by atoms with Crippen LogP contribution in [0.4, 0.5) is 0 Å². The molecule has 0 saturated carbocycles. The molecule has 0 aromatic carbocycles. The third-order valence-corrected chi connectivity index (χ3v) is 5.49. The average Bonchev–Trinajstić information content (AvgIpc) is 2.98. The molecule has 162 valence electrons. The Labute approximate surface area is 196 Å². The number of allylic oxidation sites excluding steroid dienone is 2. The van der Waals surface area contributed by atoms with Gasteiger partial charge in [0.2, 0.25) is 5.78 Å². The van der Waals surface area contributed by atoms with Crippen molar-refractivity contribution in [3.05, 3.63) is 12.2 Å². The minimum Gasteiger partial charge on any atom is -0.748 e. The maximum Gasteiger partial charge on any atom is 1.00 e. The van der Waals surface area contributed by atoms with Crippen molar-refractivity contribution in [1.29, 1.82) is 0 Å². The second-order valence-corrected chi connectivity index (χ2v) is 8.61. The number of Topliss-reactive ketones (excluding diaryl/α,β-unsaturated/α-hetero) is 1. The van der Waals surface area contributed by atoms with Crippen LogP contribution in [-0.2, 0) is 14.9 Å². The van der Waals surface area contributed by atoms with Crippen LogP contribution in [0.25, 0.3) is 0 Å². The number of rotatable bonds is 15. The van der Waals surface area contributed by atoms with Crippen LogP contribution in [0, 0.1) is 0 Å². The molecule has 0 saturated heterocycles. The Balaban J connectivity index is 0.00000784. The first-order valence-electron chi connectivity index (χ1n) is 10.0. The predicted molar refractivity (Wildman–Crippen MR) is 106 cm³/mol. The van der Waals surface area contributed by atoms with E-state index in [9.17, 15) is 28.0 Å². The van der Waals surface area contributed by atoms with Gasteiger partial charge in [-0.2, -0.15) is 0 Å². The van der Waals surface area contributed by atoms with Crippen molar-refractivity contribution < 1.29 is 62.1 Å². The van der Waals surface area contributed by atoms with Crippen molar-refractivity contribution in [2.45, 2.75) is 58.0 Å². The first kappa shape index (κ1) is 28.7. The van der Waals surface area contributed by atoms with E-state index >= 15 is 0 Å². The summed E-state index contributed by atoms with van der Waals surface area (Å²) >= 11 is 0. The fourth-order valence-corrected chi connectivity index (χ4v) is 4.00. The third-order valence-electron chi connectivity index (χ3n) is 4.70. The van der Waals surface area contributed by atoms with Crippen molar-refractivity contribution >= 4 is 21.7 Å². The molecule has 1 unspecified atom stereocenters. The Hall–Kier alpha value is -0.290. The quantitative estimate of drug-likeness (QED) is 0.0947. The van der Waals surface area contributed by atoms with Gasteiger partial charge in [-0.25, -0.2) is 8.42 Å². The molecule has 1 aliphatic rings. The van der Waals surface area contributed by atoms with Crippen LogP contribution in [0.1, 0.15) is 51.9 Å². The maximum absolute atomic E-state index is 12.7. The summed E-state index contributed by atoms with van der Waals surface area (Å²) in [5, 5.41) is 19.1. The molecule has 1 heterocycles. The predicted octanol–water partition coefficient (Wildman–Crippen LogP) is -2.51. The van der Waals surface area contributed by atoms with Crippen molar-refractivity contribution in [1.82, 2.24) is 4.90 Å².